The van der Waals surface area contributed by atoms with Crippen molar-refractivity contribution in [2.45, 2.75) is 0 Å². The number of benzene rings is 1. The normalized spacial score (nSPS) is 13.3. The summed E-state index contributed by atoms with van der Waals surface area (Å²) in [6.45, 7) is 3.48. The maximum Gasteiger partial charge on any atom is 0.274 e. The second kappa shape index (κ2) is 10.4. The fourth-order valence-electron chi connectivity index (χ4n) is 4.02. The van der Waals surface area contributed by atoms with Gasteiger partial charge in [-0.1, -0.05) is 0 Å². The van der Waals surface area contributed by atoms with Gasteiger partial charge in [-0.25, -0.2) is 14.6 Å². The van der Waals surface area contributed by atoms with E-state index in [1.54, 1.807) is 38.9 Å². The molecule has 2 N–H and O–H groups in total. The number of rotatable bonds is 7. The molecule has 184 valence electrons. The first kappa shape index (κ1) is 23.2. The van der Waals surface area contributed by atoms with E-state index >= 15 is 0 Å². The molecule has 0 bridgehead atoms. The molecule has 0 spiro atoms. The highest BCUT2D eigenvalue weighted by molar-refractivity contribution is 6.04. The first-order valence-electron chi connectivity index (χ1n) is 11.5. The van der Waals surface area contributed by atoms with E-state index in [1.807, 2.05) is 30.3 Å². The lowest BCUT2D eigenvalue weighted by molar-refractivity contribution is 0.102. The van der Waals surface area contributed by atoms with E-state index in [2.05, 4.69) is 35.6 Å². The molecule has 0 saturated carbocycles. The van der Waals surface area contributed by atoms with Crippen molar-refractivity contribution in [1.82, 2.24) is 30.0 Å². The van der Waals surface area contributed by atoms with Crippen LogP contribution in [0.3, 0.4) is 0 Å². The van der Waals surface area contributed by atoms with Crippen molar-refractivity contribution >= 4 is 17.3 Å². The first-order chi connectivity index (χ1) is 17.7. The number of methoxy groups -OCH3 is 2. The van der Waals surface area contributed by atoms with Gasteiger partial charge >= 0.3 is 0 Å². The standard InChI is InChI=1S/C25H26N8O3/c1-35-22-4-3-17(15-23(22)36-2)18-7-12-33(31-18)25-28-9-5-19(30-25)24(34)29-20-16-27-8-6-21(20)32-13-10-26-11-14-32/h3-9,12,15-16,26H,10-11,13-14H2,1-2H3,(H,29,34). The lowest BCUT2D eigenvalue weighted by Gasteiger charge is -2.30. The van der Waals surface area contributed by atoms with Crippen LogP contribution in [-0.4, -0.2) is 71.0 Å². The molecule has 1 aliphatic rings. The highest BCUT2D eigenvalue weighted by Gasteiger charge is 2.18. The van der Waals surface area contributed by atoms with Crippen molar-refractivity contribution in [3.05, 3.63) is 66.9 Å². The Bertz CT molecular complexity index is 1370. The number of amides is 1. The van der Waals surface area contributed by atoms with Crippen molar-refractivity contribution in [2.24, 2.45) is 0 Å². The van der Waals surface area contributed by atoms with Crippen LogP contribution < -0.4 is 25.0 Å². The van der Waals surface area contributed by atoms with Crippen molar-refractivity contribution < 1.29 is 14.3 Å². The van der Waals surface area contributed by atoms with Crippen LogP contribution in [0.25, 0.3) is 17.2 Å². The molecule has 0 aliphatic carbocycles. The van der Waals surface area contributed by atoms with Gasteiger partial charge in [0.05, 0.1) is 37.5 Å². The molecule has 1 fully saturated rings. The van der Waals surface area contributed by atoms with Gasteiger partial charge in [0, 0.05) is 50.3 Å². The second-order valence-electron chi connectivity index (χ2n) is 8.04. The van der Waals surface area contributed by atoms with Crippen molar-refractivity contribution in [3.63, 3.8) is 0 Å². The molecule has 1 saturated heterocycles. The Balaban J connectivity index is 1.36. The zero-order chi connectivity index (χ0) is 24.9. The molecular weight excluding hydrogens is 460 g/mol. The number of anilines is 2. The highest BCUT2D eigenvalue weighted by atomic mass is 16.5. The van der Waals surface area contributed by atoms with Gasteiger partial charge in [-0.05, 0) is 36.4 Å². The van der Waals surface area contributed by atoms with Crippen LogP contribution in [0.4, 0.5) is 11.4 Å². The van der Waals surface area contributed by atoms with Crippen LogP contribution in [0.1, 0.15) is 10.5 Å². The Morgan fingerprint density at radius 1 is 1.03 bits per heavy atom. The van der Waals surface area contributed by atoms with E-state index in [-0.39, 0.29) is 17.5 Å². The number of carbonyl (C=O) groups is 1. The van der Waals surface area contributed by atoms with Crippen molar-refractivity contribution in [1.29, 1.82) is 0 Å². The average molecular weight is 487 g/mol. The number of hydrogen-bond acceptors (Lipinski definition) is 9. The maximum absolute atomic E-state index is 13.1. The number of piperazine rings is 1. The second-order valence-corrected chi connectivity index (χ2v) is 8.04. The lowest BCUT2D eigenvalue weighted by Crippen LogP contribution is -2.43. The number of carbonyl (C=O) groups excluding carboxylic acids is 1. The van der Waals surface area contributed by atoms with Crippen LogP contribution in [0.5, 0.6) is 11.5 Å². The number of ether oxygens (including phenoxy) is 2. The summed E-state index contributed by atoms with van der Waals surface area (Å²) in [6, 6.07) is 10.9. The largest absolute Gasteiger partial charge is 0.493 e. The summed E-state index contributed by atoms with van der Waals surface area (Å²) < 4.78 is 12.2. The van der Waals surface area contributed by atoms with E-state index in [0.29, 0.717) is 22.9 Å². The molecule has 0 unspecified atom stereocenters. The van der Waals surface area contributed by atoms with Gasteiger partial charge in [0.2, 0.25) is 0 Å². The molecule has 1 aliphatic heterocycles. The Labute approximate surface area is 208 Å². The summed E-state index contributed by atoms with van der Waals surface area (Å²) in [5, 5.41) is 10.9. The van der Waals surface area contributed by atoms with Gasteiger partial charge in [0.15, 0.2) is 11.5 Å². The predicted octanol–water partition coefficient (Wildman–Crippen LogP) is 2.40. The van der Waals surface area contributed by atoms with Crippen LogP contribution in [0.15, 0.2) is 61.2 Å². The number of nitrogens with one attached hydrogen (secondary N) is 2. The fraction of sp³-hybridized carbons (Fsp3) is 0.240. The van der Waals surface area contributed by atoms with E-state index in [1.165, 1.54) is 10.9 Å². The minimum Gasteiger partial charge on any atom is -0.493 e. The van der Waals surface area contributed by atoms with Crippen LogP contribution in [0.2, 0.25) is 0 Å². The monoisotopic (exact) mass is 486 g/mol. The van der Waals surface area contributed by atoms with E-state index in [0.717, 1.165) is 37.4 Å². The highest BCUT2D eigenvalue weighted by Crippen LogP contribution is 2.31. The zero-order valence-corrected chi connectivity index (χ0v) is 20.0. The zero-order valence-electron chi connectivity index (χ0n) is 20.0. The summed E-state index contributed by atoms with van der Waals surface area (Å²) in [7, 11) is 3.18. The quantitative estimate of drug-likeness (QED) is 0.406. The number of hydrogen-bond donors (Lipinski definition) is 2. The molecule has 1 amide bonds. The third-order valence-corrected chi connectivity index (χ3v) is 5.85. The molecule has 4 aromatic rings. The van der Waals surface area contributed by atoms with Gasteiger partial charge < -0.3 is 25.0 Å². The molecule has 4 heterocycles. The van der Waals surface area contributed by atoms with Gasteiger partial charge in [0.1, 0.15) is 5.69 Å². The Kier molecular flexibility index (Phi) is 6.72. The Hall–Kier alpha value is -4.51. The summed E-state index contributed by atoms with van der Waals surface area (Å²) in [4.78, 5) is 28.2. The number of nitrogens with zero attached hydrogens (tertiary/aromatic N) is 6. The van der Waals surface area contributed by atoms with Gasteiger partial charge in [-0.15, -0.1) is 0 Å². The minimum atomic E-state index is -0.352. The van der Waals surface area contributed by atoms with Crippen LogP contribution in [0, 0.1) is 0 Å². The third-order valence-electron chi connectivity index (χ3n) is 5.85. The first-order valence-corrected chi connectivity index (χ1v) is 11.5. The van der Waals surface area contributed by atoms with Gasteiger partial charge in [-0.2, -0.15) is 5.10 Å². The van der Waals surface area contributed by atoms with E-state index < -0.39 is 0 Å². The van der Waals surface area contributed by atoms with Crippen molar-refractivity contribution in [3.8, 4) is 28.7 Å². The summed E-state index contributed by atoms with van der Waals surface area (Å²) in [6.07, 6.45) is 6.66. The minimum absolute atomic E-state index is 0.221. The maximum atomic E-state index is 13.1. The molecule has 1 aromatic carbocycles. The molecule has 5 rings (SSSR count). The Morgan fingerprint density at radius 3 is 2.67 bits per heavy atom. The Morgan fingerprint density at radius 2 is 1.86 bits per heavy atom. The lowest BCUT2D eigenvalue weighted by atomic mass is 10.1. The van der Waals surface area contributed by atoms with Crippen LogP contribution >= 0.6 is 0 Å². The molecule has 11 heteroatoms. The van der Waals surface area contributed by atoms with Gasteiger partial charge in [-0.3, -0.25) is 9.78 Å². The van der Waals surface area contributed by atoms with Crippen molar-refractivity contribution in [2.75, 3.05) is 50.6 Å². The van der Waals surface area contributed by atoms with Crippen LogP contribution in [-0.2, 0) is 0 Å². The number of pyridine rings is 1. The SMILES string of the molecule is COc1ccc(-c2ccn(-c3nccc(C(=O)Nc4cnccc4N4CCNCC4)n3)n2)cc1OC. The fourth-order valence-corrected chi connectivity index (χ4v) is 4.02. The van der Waals surface area contributed by atoms with E-state index in [9.17, 15) is 4.79 Å². The molecule has 0 radical (unpaired) electrons. The molecule has 0 atom stereocenters. The smallest absolute Gasteiger partial charge is 0.274 e. The molecule has 11 nitrogen and oxygen atoms in total. The third kappa shape index (κ3) is 4.82. The molecular formula is C25H26N8O3. The molecule has 3 aromatic heterocycles. The topological polar surface area (TPSA) is 119 Å². The summed E-state index contributed by atoms with van der Waals surface area (Å²) in [5.41, 5.74) is 3.33. The summed E-state index contributed by atoms with van der Waals surface area (Å²) in [5.74, 6) is 1.17. The predicted molar refractivity (Wildman–Crippen MR) is 135 cm³/mol. The number of aromatic nitrogens is 5. The van der Waals surface area contributed by atoms with Gasteiger partial charge in [0.25, 0.3) is 11.9 Å². The van der Waals surface area contributed by atoms with E-state index in [4.69, 9.17) is 9.47 Å². The summed E-state index contributed by atoms with van der Waals surface area (Å²) >= 11 is 0. The average Bonchev–Trinajstić information content (AvgIpc) is 3.44. The molecule has 36 heavy (non-hydrogen) atoms.